The molecule has 0 spiro atoms. The number of carbonyl (C=O) groups is 1. The number of aldehydes is 1. The number of hydrogen-bond donors (Lipinski definition) is 0. The van der Waals surface area contributed by atoms with Gasteiger partial charge < -0.3 is 9.36 Å². The lowest BCUT2D eigenvalue weighted by molar-refractivity contribution is -0.109. The van der Waals surface area contributed by atoms with E-state index in [1.165, 1.54) is 0 Å². The summed E-state index contributed by atoms with van der Waals surface area (Å²) >= 11 is 3.31. The van der Waals surface area contributed by atoms with Crippen molar-refractivity contribution in [1.82, 2.24) is 14.5 Å². The van der Waals surface area contributed by atoms with Gasteiger partial charge in [0.2, 0.25) is 0 Å². The molecule has 16 heavy (non-hydrogen) atoms. The molecule has 2 aromatic rings. The first-order chi connectivity index (χ1) is 7.79. The van der Waals surface area contributed by atoms with E-state index in [9.17, 15) is 4.79 Å². The third-order valence-corrected chi connectivity index (χ3v) is 2.73. The molecule has 4 nitrogen and oxygen atoms in total. The normalized spacial score (nSPS) is 12.3. The van der Waals surface area contributed by atoms with Crippen molar-refractivity contribution in [2.45, 2.75) is 12.5 Å². The van der Waals surface area contributed by atoms with Crippen LogP contribution in [0.3, 0.4) is 0 Å². The van der Waals surface area contributed by atoms with Crippen molar-refractivity contribution in [2.24, 2.45) is 0 Å². The SMILES string of the molecule is O=CC(Cn1ccnc1)c1ccc(Br)cn1. The summed E-state index contributed by atoms with van der Waals surface area (Å²) in [5, 5.41) is 0. The van der Waals surface area contributed by atoms with Crippen molar-refractivity contribution in [2.75, 3.05) is 0 Å². The molecule has 5 heteroatoms. The number of rotatable bonds is 4. The van der Waals surface area contributed by atoms with Gasteiger partial charge in [0.15, 0.2) is 0 Å². The van der Waals surface area contributed by atoms with Gasteiger partial charge in [-0.2, -0.15) is 0 Å². The number of halogens is 1. The minimum Gasteiger partial charge on any atom is -0.336 e. The van der Waals surface area contributed by atoms with Crippen molar-refractivity contribution in [3.8, 4) is 0 Å². The van der Waals surface area contributed by atoms with Crippen LogP contribution in [0.25, 0.3) is 0 Å². The zero-order valence-electron chi connectivity index (χ0n) is 8.45. The van der Waals surface area contributed by atoms with Gasteiger partial charge in [0.05, 0.1) is 17.9 Å². The smallest absolute Gasteiger partial charge is 0.130 e. The zero-order valence-corrected chi connectivity index (χ0v) is 10.0. The Hall–Kier alpha value is -1.49. The van der Waals surface area contributed by atoms with Crippen molar-refractivity contribution in [1.29, 1.82) is 0 Å². The molecule has 1 unspecified atom stereocenters. The lowest BCUT2D eigenvalue weighted by Crippen LogP contribution is -2.10. The fourth-order valence-electron chi connectivity index (χ4n) is 1.43. The number of nitrogens with zero attached hydrogens (tertiary/aromatic N) is 3. The van der Waals surface area contributed by atoms with Crippen molar-refractivity contribution in [3.63, 3.8) is 0 Å². The Kier molecular flexibility index (Phi) is 3.46. The Labute approximate surface area is 101 Å². The number of carbonyl (C=O) groups excluding carboxylic acids is 1. The fourth-order valence-corrected chi connectivity index (χ4v) is 1.67. The standard InChI is InChI=1S/C11H10BrN3O/c12-10-1-2-11(14-5-10)9(7-16)6-15-4-3-13-8-15/h1-5,7-9H,6H2. The highest BCUT2D eigenvalue weighted by molar-refractivity contribution is 9.10. The van der Waals surface area contributed by atoms with E-state index in [-0.39, 0.29) is 5.92 Å². The molecule has 0 radical (unpaired) electrons. The van der Waals surface area contributed by atoms with E-state index in [1.54, 1.807) is 18.7 Å². The summed E-state index contributed by atoms with van der Waals surface area (Å²) in [6.07, 6.45) is 7.82. The second-order valence-electron chi connectivity index (χ2n) is 3.40. The monoisotopic (exact) mass is 279 g/mol. The summed E-state index contributed by atoms with van der Waals surface area (Å²) in [6.45, 7) is 0.568. The number of aromatic nitrogens is 3. The molecule has 0 bridgehead atoms. The molecular formula is C11H10BrN3O. The Morgan fingerprint density at radius 2 is 2.38 bits per heavy atom. The highest BCUT2D eigenvalue weighted by Crippen LogP contribution is 2.15. The number of imidazole rings is 1. The molecule has 2 heterocycles. The van der Waals surface area contributed by atoms with E-state index >= 15 is 0 Å². The van der Waals surface area contributed by atoms with Crippen LogP contribution in [0.2, 0.25) is 0 Å². The lowest BCUT2D eigenvalue weighted by Gasteiger charge is -2.10. The second kappa shape index (κ2) is 5.03. The van der Waals surface area contributed by atoms with Gasteiger partial charge in [0.25, 0.3) is 0 Å². The third kappa shape index (κ3) is 2.55. The first-order valence-corrected chi connectivity index (χ1v) is 5.61. The van der Waals surface area contributed by atoms with Gasteiger partial charge in [-0.05, 0) is 28.1 Å². The summed E-state index contributed by atoms with van der Waals surface area (Å²) in [5.41, 5.74) is 0.770. The molecule has 1 atom stereocenters. The maximum Gasteiger partial charge on any atom is 0.130 e. The van der Waals surface area contributed by atoms with Crippen LogP contribution in [0, 0.1) is 0 Å². The maximum absolute atomic E-state index is 11.0. The first kappa shape index (κ1) is 11.0. The van der Waals surface area contributed by atoms with Gasteiger partial charge in [-0.1, -0.05) is 0 Å². The summed E-state index contributed by atoms with van der Waals surface area (Å²) in [5.74, 6) is -0.234. The van der Waals surface area contributed by atoms with Gasteiger partial charge in [0.1, 0.15) is 6.29 Å². The van der Waals surface area contributed by atoms with E-state index in [2.05, 4.69) is 25.9 Å². The van der Waals surface area contributed by atoms with Crippen LogP contribution in [0.15, 0.2) is 41.5 Å². The Morgan fingerprint density at radius 1 is 1.50 bits per heavy atom. The zero-order chi connectivity index (χ0) is 11.4. The predicted octanol–water partition coefficient (Wildman–Crippen LogP) is 2.02. The fraction of sp³-hybridized carbons (Fsp3) is 0.182. The molecule has 0 aliphatic heterocycles. The Morgan fingerprint density at radius 3 is 2.94 bits per heavy atom. The van der Waals surface area contributed by atoms with E-state index in [0.29, 0.717) is 6.54 Å². The highest BCUT2D eigenvalue weighted by Gasteiger charge is 2.12. The molecule has 2 aromatic heterocycles. The molecule has 2 rings (SSSR count). The van der Waals surface area contributed by atoms with Crippen molar-refractivity contribution < 1.29 is 4.79 Å². The van der Waals surface area contributed by atoms with Gasteiger partial charge in [0, 0.05) is 29.6 Å². The van der Waals surface area contributed by atoms with Crippen LogP contribution < -0.4 is 0 Å². The Bertz CT molecular complexity index is 453. The van der Waals surface area contributed by atoms with Crippen LogP contribution in [0.4, 0.5) is 0 Å². The molecule has 82 valence electrons. The van der Waals surface area contributed by atoms with Crippen LogP contribution >= 0.6 is 15.9 Å². The average molecular weight is 280 g/mol. The Balaban J connectivity index is 2.16. The summed E-state index contributed by atoms with van der Waals surface area (Å²) < 4.78 is 2.77. The van der Waals surface area contributed by atoms with E-state index < -0.39 is 0 Å². The summed E-state index contributed by atoms with van der Waals surface area (Å²) in [4.78, 5) is 19.2. The largest absolute Gasteiger partial charge is 0.336 e. The highest BCUT2D eigenvalue weighted by atomic mass is 79.9. The predicted molar refractivity (Wildman–Crippen MR) is 63.0 cm³/mol. The topological polar surface area (TPSA) is 47.8 Å². The summed E-state index contributed by atoms with van der Waals surface area (Å²) in [7, 11) is 0. The minimum absolute atomic E-state index is 0.234. The van der Waals surface area contributed by atoms with Gasteiger partial charge in [-0.15, -0.1) is 0 Å². The minimum atomic E-state index is -0.234. The molecule has 0 amide bonds. The summed E-state index contributed by atoms with van der Waals surface area (Å²) in [6, 6.07) is 3.73. The van der Waals surface area contributed by atoms with Crippen LogP contribution in [0.5, 0.6) is 0 Å². The molecule has 0 fully saturated rings. The van der Waals surface area contributed by atoms with Gasteiger partial charge >= 0.3 is 0 Å². The van der Waals surface area contributed by atoms with Gasteiger partial charge in [-0.3, -0.25) is 4.98 Å². The second-order valence-corrected chi connectivity index (χ2v) is 4.32. The first-order valence-electron chi connectivity index (χ1n) is 4.82. The van der Waals surface area contributed by atoms with E-state index in [4.69, 9.17) is 0 Å². The molecule has 0 N–H and O–H groups in total. The quantitative estimate of drug-likeness (QED) is 0.805. The van der Waals surface area contributed by atoms with Crippen LogP contribution in [0.1, 0.15) is 11.6 Å². The van der Waals surface area contributed by atoms with Crippen molar-refractivity contribution >= 4 is 22.2 Å². The van der Waals surface area contributed by atoms with Crippen molar-refractivity contribution in [3.05, 3.63) is 47.2 Å². The molecule has 0 aromatic carbocycles. The van der Waals surface area contributed by atoms with Crippen LogP contribution in [-0.4, -0.2) is 20.8 Å². The average Bonchev–Trinajstić information content (AvgIpc) is 2.80. The molecule has 0 aliphatic rings. The number of hydrogen-bond acceptors (Lipinski definition) is 3. The lowest BCUT2D eigenvalue weighted by atomic mass is 10.1. The van der Waals surface area contributed by atoms with E-state index in [0.717, 1.165) is 16.5 Å². The molecule has 0 saturated carbocycles. The maximum atomic E-state index is 11.0. The van der Waals surface area contributed by atoms with Crippen LogP contribution in [-0.2, 0) is 11.3 Å². The van der Waals surface area contributed by atoms with Gasteiger partial charge in [-0.25, -0.2) is 4.98 Å². The molecule has 0 aliphatic carbocycles. The number of pyridine rings is 1. The molecule has 0 saturated heterocycles. The third-order valence-electron chi connectivity index (χ3n) is 2.26. The molecular weight excluding hydrogens is 270 g/mol. The van der Waals surface area contributed by atoms with E-state index in [1.807, 2.05) is 22.9 Å².